The summed E-state index contributed by atoms with van der Waals surface area (Å²) in [6, 6.07) is 9.00. The molecule has 0 bridgehead atoms. The maximum absolute atomic E-state index is 14.6. The maximum Gasteiger partial charge on any atom is 0.251 e. The largest absolute Gasteiger partial charge is 0.355 e. The fraction of sp³-hybridized carbons (Fsp3) is 0.536. The van der Waals surface area contributed by atoms with Crippen molar-refractivity contribution < 1.29 is 18.4 Å². The molecule has 1 aromatic carbocycles. The van der Waals surface area contributed by atoms with Gasteiger partial charge in [0.1, 0.15) is 0 Å². The van der Waals surface area contributed by atoms with Gasteiger partial charge in [0.15, 0.2) is 5.78 Å². The number of halogens is 3. The molecule has 1 amide bonds. The third kappa shape index (κ3) is 6.48. The lowest BCUT2D eigenvalue weighted by molar-refractivity contribution is -0.124. The van der Waals surface area contributed by atoms with E-state index in [1.807, 2.05) is 51.0 Å². The minimum Gasteiger partial charge on any atom is -0.355 e. The number of alkyl halides is 2. The number of nitrogens with one attached hydrogen (secondary N) is 1. The number of nitrogens with zero attached hydrogens (tertiary/aromatic N) is 2. The highest BCUT2D eigenvalue weighted by Crippen LogP contribution is 2.65. The van der Waals surface area contributed by atoms with Gasteiger partial charge in [-0.15, -0.1) is 0 Å². The van der Waals surface area contributed by atoms with Gasteiger partial charge in [-0.3, -0.25) is 14.6 Å². The van der Waals surface area contributed by atoms with Gasteiger partial charge in [-0.25, -0.2) is 8.78 Å². The van der Waals surface area contributed by atoms with Gasteiger partial charge in [0.05, 0.1) is 5.02 Å². The lowest BCUT2D eigenvalue weighted by Crippen LogP contribution is -2.43. The van der Waals surface area contributed by atoms with E-state index in [-0.39, 0.29) is 24.2 Å². The third-order valence-corrected chi connectivity index (χ3v) is 7.76. The standard InChI is InChI=1S/C28H36ClF2N3O2/c1-6-25(35)20-8-7-19(18(2)13-20)14-22(34(4)5)17-33-26(36)15-23(24-10-9-21(29)16-32-24)28(11-12-28)27(3,30)31/h7-10,13,16,22-23H,6,11-12,14-15,17H2,1-5H3,(H,33,36)/t22-,23+/m0/s1. The van der Waals surface area contributed by atoms with Crippen molar-refractivity contribution in [3.8, 4) is 0 Å². The zero-order chi connectivity index (χ0) is 26.7. The van der Waals surface area contributed by atoms with E-state index in [1.54, 1.807) is 12.1 Å². The molecule has 0 unspecified atom stereocenters. The molecule has 0 radical (unpaired) electrons. The van der Waals surface area contributed by atoms with E-state index < -0.39 is 17.3 Å². The van der Waals surface area contributed by atoms with E-state index in [9.17, 15) is 18.4 Å². The summed E-state index contributed by atoms with van der Waals surface area (Å²) in [6.07, 6.45) is 3.23. The highest BCUT2D eigenvalue weighted by molar-refractivity contribution is 6.30. The summed E-state index contributed by atoms with van der Waals surface area (Å²) in [6.45, 7) is 5.13. The first kappa shape index (κ1) is 28.2. The second kappa shape index (κ2) is 11.3. The molecule has 1 aliphatic rings. The SMILES string of the molecule is CCC(=O)c1ccc(C[C@@H](CNC(=O)C[C@H](c2ccc(Cl)cn2)C2(C(C)(F)F)CC2)N(C)C)c(C)c1. The molecule has 0 spiro atoms. The molecule has 0 saturated heterocycles. The minimum absolute atomic E-state index is 0.00464. The van der Waals surface area contributed by atoms with E-state index in [2.05, 4.69) is 10.3 Å². The molecule has 1 fully saturated rings. The molecule has 1 N–H and O–H groups in total. The molecule has 1 aromatic heterocycles. The van der Waals surface area contributed by atoms with Crippen LogP contribution in [0.1, 0.15) is 72.6 Å². The van der Waals surface area contributed by atoms with Crippen molar-refractivity contribution in [2.75, 3.05) is 20.6 Å². The van der Waals surface area contributed by atoms with Crippen molar-refractivity contribution in [2.24, 2.45) is 5.41 Å². The van der Waals surface area contributed by atoms with Crippen molar-refractivity contribution in [1.29, 1.82) is 0 Å². The van der Waals surface area contributed by atoms with Crippen LogP contribution >= 0.6 is 11.6 Å². The third-order valence-electron chi connectivity index (χ3n) is 7.53. The van der Waals surface area contributed by atoms with E-state index >= 15 is 0 Å². The summed E-state index contributed by atoms with van der Waals surface area (Å²) < 4.78 is 29.2. The molecule has 2 aromatic rings. The molecule has 1 aliphatic carbocycles. The average Bonchev–Trinajstić information content (AvgIpc) is 3.63. The highest BCUT2D eigenvalue weighted by Gasteiger charge is 2.64. The van der Waals surface area contributed by atoms with Crippen LogP contribution in [-0.4, -0.2) is 54.2 Å². The van der Waals surface area contributed by atoms with E-state index in [0.29, 0.717) is 48.5 Å². The van der Waals surface area contributed by atoms with Crippen LogP contribution in [0.5, 0.6) is 0 Å². The fourth-order valence-electron chi connectivity index (χ4n) is 4.89. The van der Waals surface area contributed by atoms with Crippen LogP contribution in [0.2, 0.25) is 5.02 Å². The lowest BCUT2D eigenvalue weighted by atomic mass is 9.79. The van der Waals surface area contributed by atoms with Gasteiger partial charge < -0.3 is 10.2 Å². The second-order valence-corrected chi connectivity index (χ2v) is 10.7. The number of hydrogen-bond donors (Lipinski definition) is 1. The predicted octanol–water partition coefficient (Wildman–Crippen LogP) is 5.83. The number of carbonyl (C=O) groups excluding carboxylic acids is 2. The number of likely N-dealkylation sites (N-methyl/N-ethyl adjacent to an activating group) is 1. The Hall–Kier alpha value is -2.38. The summed E-state index contributed by atoms with van der Waals surface area (Å²) in [5.41, 5.74) is 2.04. The number of Topliss-reactive ketones (excluding diaryl/α,β-unsaturated/α-hetero) is 1. The number of ketones is 1. The van der Waals surface area contributed by atoms with Crippen LogP contribution in [0.3, 0.4) is 0 Å². The Labute approximate surface area is 217 Å². The van der Waals surface area contributed by atoms with Crippen LogP contribution in [0, 0.1) is 12.3 Å². The van der Waals surface area contributed by atoms with Gasteiger partial charge in [0.2, 0.25) is 5.91 Å². The van der Waals surface area contributed by atoms with Gasteiger partial charge in [-0.05, 0) is 76.5 Å². The summed E-state index contributed by atoms with van der Waals surface area (Å²) in [4.78, 5) is 31.4. The van der Waals surface area contributed by atoms with Crippen molar-refractivity contribution in [3.05, 3.63) is 63.9 Å². The van der Waals surface area contributed by atoms with Crippen molar-refractivity contribution in [1.82, 2.24) is 15.2 Å². The Kier molecular flexibility index (Phi) is 8.88. The van der Waals surface area contributed by atoms with Crippen molar-refractivity contribution in [2.45, 2.75) is 70.8 Å². The van der Waals surface area contributed by atoms with Crippen LogP contribution in [0.4, 0.5) is 8.78 Å². The quantitative estimate of drug-likeness (QED) is 0.358. The zero-order valence-electron chi connectivity index (χ0n) is 21.7. The number of aryl methyl sites for hydroxylation is 1. The Morgan fingerprint density at radius 2 is 1.92 bits per heavy atom. The first-order valence-electron chi connectivity index (χ1n) is 12.4. The van der Waals surface area contributed by atoms with Crippen LogP contribution in [-0.2, 0) is 11.2 Å². The molecule has 36 heavy (non-hydrogen) atoms. The number of pyridine rings is 1. The molecule has 3 rings (SSSR count). The van der Waals surface area contributed by atoms with Crippen molar-refractivity contribution in [3.63, 3.8) is 0 Å². The number of carbonyl (C=O) groups is 2. The molecule has 5 nitrogen and oxygen atoms in total. The monoisotopic (exact) mass is 519 g/mol. The van der Waals surface area contributed by atoms with Gasteiger partial charge >= 0.3 is 0 Å². The molecule has 1 saturated carbocycles. The number of hydrogen-bond acceptors (Lipinski definition) is 4. The fourth-order valence-corrected chi connectivity index (χ4v) is 5.00. The predicted molar refractivity (Wildman–Crippen MR) is 139 cm³/mol. The summed E-state index contributed by atoms with van der Waals surface area (Å²) in [5, 5.41) is 3.39. The van der Waals surface area contributed by atoms with Gasteiger partial charge in [0, 0.05) is 54.2 Å². The van der Waals surface area contributed by atoms with Gasteiger partial charge in [0.25, 0.3) is 5.92 Å². The van der Waals surface area contributed by atoms with E-state index in [4.69, 9.17) is 11.6 Å². The normalized spacial score (nSPS) is 16.5. The van der Waals surface area contributed by atoms with E-state index in [0.717, 1.165) is 18.1 Å². The molecule has 196 valence electrons. The molecular formula is C28H36ClF2N3O2. The number of amides is 1. The number of aromatic nitrogens is 1. The van der Waals surface area contributed by atoms with Crippen molar-refractivity contribution >= 4 is 23.3 Å². The summed E-state index contributed by atoms with van der Waals surface area (Å²) in [5.74, 6) is -3.79. The Bertz CT molecular complexity index is 1080. The van der Waals surface area contributed by atoms with Gasteiger partial charge in [-0.2, -0.15) is 0 Å². The first-order chi connectivity index (χ1) is 16.9. The van der Waals surface area contributed by atoms with Crippen LogP contribution in [0.25, 0.3) is 0 Å². The smallest absolute Gasteiger partial charge is 0.251 e. The topological polar surface area (TPSA) is 62.3 Å². The summed E-state index contributed by atoms with van der Waals surface area (Å²) in [7, 11) is 3.89. The van der Waals surface area contributed by atoms with Gasteiger partial charge in [-0.1, -0.05) is 30.7 Å². The first-order valence-corrected chi connectivity index (χ1v) is 12.8. The molecular weight excluding hydrogens is 484 g/mol. The summed E-state index contributed by atoms with van der Waals surface area (Å²) >= 11 is 5.95. The van der Waals surface area contributed by atoms with Crippen LogP contribution in [0.15, 0.2) is 36.5 Å². The second-order valence-electron chi connectivity index (χ2n) is 10.2. The Morgan fingerprint density at radius 3 is 2.42 bits per heavy atom. The maximum atomic E-state index is 14.6. The van der Waals surface area contributed by atoms with E-state index in [1.165, 1.54) is 6.20 Å². The molecule has 1 heterocycles. The molecule has 2 atom stereocenters. The number of rotatable bonds is 12. The minimum atomic E-state index is -2.92. The zero-order valence-corrected chi connectivity index (χ0v) is 22.5. The molecule has 0 aliphatic heterocycles. The Balaban J connectivity index is 1.70. The van der Waals surface area contributed by atoms with Crippen LogP contribution < -0.4 is 5.32 Å². The highest BCUT2D eigenvalue weighted by atomic mass is 35.5. The number of benzene rings is 1. The average molecular weight is 520 g/mol. The Morgan fingerprint density at radius 1 is 1.22 bits per heavy atom. The molecule has 8 heteroatoms. The lowest BCUT2D eigenvalue weighted by Gasteiger charge is -2.32.